The van der Waals surface area contributed by atoms with Crippen LogP contribution in [-0.4, -0.2) is 48.4 Å². The Balaban J connectivity index is 2.00. The van der Waals surface area contributed by atoms with Crippen LogP contribution < -0.4 is 16.0 Å². The first kappa shape index (κ1) is 19.3. The van der Waals surface area contributed by atoms with Crippen molar-refractivity contribution in [2.24, 2.45) is 0 Å². The average Bonchev–Trinajstić information content (AvgIpc) is 2.88. The van der Waals surface area contributed by atoms with Crippen molar-refractivity contribution in [1.82, 2.24) is 10.3 Å². The van der Waals surface area contributed by atoms with Gasteiger partial charge in [0.25, 0.3) is 0 Å². The summed E-state index contributed by atoms with van der Waals surface area (Å²) in [5, 5.41) is 3.55. The summed E-state index contributed by atoms with van der Waals surface area (Å²) >= 11 is 1.22. The predicted molar refractivity (Wildman–Crippen MR) is 97.1 cm³/mol. The zero-order chi connectivity index (χ0) is 18.6. The van der Waals surface area contributed by atoms with E-state index in [1.165, 1.54) is 11.3 Å². The van der Waals surface area contributed by atoms with E-state index in [4.69, 9.17) is 15.2 Å². The number of anilines is 2. The highest BCUT2D eigenvalue weighted by molar-refractivity contribution is 7.18. The zero-order valence-corrected chi connectivity index (χ0v) is 15.9. The van der Waals surface area contributed by atoms with Gasteiger partial charge in [-0.2, -0.15) is 0 Å². The van der Waals surface area contributed by atoms with Gasteiger partial charge in [-0.05, 0) is 40.5 Å². The van der Waals surface area contributed by atoms with Crippen molar-refractivity contribution in [3.63, 3.8) is 0 Å². The third kappa shape index (κ3) is 5.48. The molecule has 1 aliphatic rings. The molecule has 2 rings (SSSR count). The summed E-state index contributed by atoms with van der Waals surface area (Å²) in [4.78, 5) is 30.5. The number of hydrogen-bond acceptors (Lipinski definition) is 8. The van der Waals surface area contributed by atoms with E-state index in [1.54, 1.807) is 6.92 Å². The molecule has 8 nitrogen and oxygen atoms in total. The van der Waals surface area contributed by atoms with Gasteiger partial charge in [0, 0.05) is 19.1 Å². The van der Waals surface area contributed by atoms with Crippen molar-refractivity contribution in [1.29, 1.82) is 0 Å². The van der Waals surface area contributed by atoms with Crippen LogP contribution in [0.1, 0.15) is 50.2 Å². The SMILES string of the molecule is CCOC(=O)c1sc(N2CCC[C@H](NC(=O)OC(C)(C)C)C2)nc1N. The zero-order valence-electron chi connectivity index (χ0n) is 15.1. The molecule has 0 saturated carbocycles. The maximum Gasteiger partial charge on any atom is 0.407 e. The number of nitrogens with two attached hydrogens (primary N) is 1. The van der Waals surface area contributed by atoms with Crippen LogP contribution in [0.3, 0.4) is 0 Å². The Morgan fingerprint density at radius 2 is 2.16 bits per heavy atom. The number of hydrogen-bond donors (Lipinski definition) is 2. The molecule has 0 aliphatic carbocycles. The van der Waals surface area contributed by atoms with Crippen LogP contribution in [0.5, 0.6) is 0 Å². The molecule has 1 aliphatic heterocycles. The van der Waals surface area contributed by atoms with Crippen molar-refractivity contribution in [2.45, 2.75) is 52.2 Å². The fraction of sp³-hybridized carbons (Fsp3) is 0.688. The molecule has 0 spiro atoms. The minimum atomic E-state index is -0.531. The molecule has 0 aromatic carbocycles. The molecule has 1 saturated heterocycles. The molecule has 2 heterocycles. The van der Waals surface area contributed by atoms with Gasteiger partial charge in [-0.3, -0.25) is 0 Å². The summed E-state index contributed by atoms with van der Waals surface area (Å²) in [5.74, 6) is -0.273. The lowest BCUT2D eigenvalue weighted by molar-refractivity contribution is 0.0497. The molecule has 140 valence electrons. The third-order valence-corrected chi connectivity index (χ3v) is 4.63. The van der Waals surface area contributed by atoms with Gasteiger partial charge in [0.05, 0.1) is 6.61 Å². The molecule has 1 aromatic rings. The second kappa shape index (κ2) is 7.90. The van der Waals surface area contributed by atoms with E-state index in [-0.39, 0.29) is 18.5 Å². The molecule has 1 fully saturated rings. The van der Waals surface area contributed by atoms with Crippen molar-refractivity contribution < 1.29 is 19.1 Å². The summed E-state index contributed by atoms with van der Waals surface area (Å²) < 4.78 is 10.3. The highest BCUT2D eigenvalue weighted by Gasteiger charge is 2.27. The number of carbonyl (C=O) groups is 2. The maximum atomic E-state index is 11.9. The Labute approximate surface area is 151 Å². The number of rotatable bonds is 4. The van der Waals surface area contributed by atoms with Gasteiger partial charge in [0.2, 0.25) is 0 Å². The van der Waals surface area contributed by atoms with E-state index < -0.39 is 17.7 Å². The third-order valence-electron chi connectivity index (χ3n) is 3.52. The van der Waals surface area contributed by atoms with Crippen LogP contribution in [0.4, 0.5) is 15.7 Å². The molecule has 0 radical (unpaired) electrons. The van der Waals surface area contributed by atoms with Crippen LogP contribution in [0.15, 0.2) is 0 Å². The summed E-state index contributed by atoms with van der Waals surface area (Å²) in [5.41, 5.74) is 5.32. The fourth-order valence-electron chi connectivity index (χ4n) is 2.54. The number of piperidine rings is 1. The van der Waals surface area contributed by atoms with Crippen LogP contribution in [0.2, 0.25) is 0 Å². The van der Waals surface area contributed by atoms with Crippen LogP contribution >= 0.6 is 11.3 Å². The molecule has 1 atom stereocenters. The van der Waals surface area contributed by atoms with Crippen molar-refractivity contribution in [3.05, 3.63) is 4.88 Å². The Hall–Kier alpha value is -2.03. The number of thiazole rings is 1. The van der Waals surface area contributed by atoms with Gasteiger partial charge in [0.1, 0.15) is 5.60 Å². The second-order valence-corrected chi connectivity index (χ2v) is 7.84. The van der Waals surface area contributed by atoms with E-state index in [0.29, 0.717) is 16.6 Å². The molecule has 3 N–H and O–H groups in total. The van der Waals surface area contributed by atoms with Gasteiger partial charge in [-0.25, -0.2) is 14.6 Å². The van der Waals surface area contributed by atoms with Crippen LogP contribution in [-0.2, 0) is 9.47 Å². The number of ether oxygens (including phenoxy) is 2. The summed E-state index contributed by atoms with van der Waals surface area (Å²) in [6, 6.07) is -0.0419. The van der Waals surface area contributed by atoms with Crippen molar-refractivity contribution in [2.75, 3.05) is 30.3 Å². The first-order valence-corrected chi connectivity index (χ1v) is 9.19. The minimum absolute atomic E-state index is 0.0419. The van der Waals surface area contributed by atoms with E-state index in [9.17, 15) is 9.59 Å². The number of nitrogens with zero attached hydrogens (tertiary/aromatic N) is 2. The molecule has 0 unspecified atom stereocenters. The van der Waals surface area contributed by atoms with Gasteiger partial charge < -0.3 is 25.4 Å². The van der Waals surface area contributed by atoms with Gasteiger partial charge >= 0.3 is 12.1 Å². The Morgan fingerprint density at radius 3 is 2.80 bits per heavy atom. The normalized spacial score (nSPS) is 17.9. The van der Waals surface area contributed by atoms with E-state index in [0.717, 1.165) is 19.4 Å². The fourth-order valence-corrected chi connectivity index (χ4v) is 3.46. The van der Waals surface area contributed by atoms with Gasteiger partial charge in [-0.1, -0.05) is 11.3 Å². The first-order valence-electron chi connectivity index (χ1n) is 8.37. The van der Waals surface area contributed by atoms with Crippen LogP contribution in [0, 0.1) is 0 Å². The number of carbonyl (C=O) groups excluding carboxylic acids is 2. The molecule has 9 heteroatoms. The number of alkyl carbamates (subject to hydrolysis) is 1. The Kier molecular flexibility index (Phi) is 6.10. The van der Waals surface area contributed by atoms with Gasteiger partial charge in [0.15, 0.2) is 15.8 Å². The first-order chi connectivity index (χ1) is 11.7. The second-order valence-electron chi connectivity index (χ2n) is 6.86. The number of aromatic nitrogens is 1. The molecule has 1 aromatic heterocycles. The Morgan fingerprint density at radius 1 is 1.44 bits per heavy atom. The minimum Gasteiger partial charge on any atom is -0.462 e. The summed E-state index contributed by atoms with van der Waals surface area (Å²) in [6.07, 6.45) is 1.33. The van der Waals surface area contributed by atoms with Crippen LogP contribution in [0.25, 0.3) is 0 Å². The highest BCUT2D eigenvalue weighted by Crippen LogP contribution is 2.30. The number of amides is 1. The quantitative estimate of drug-likeness (QED) is 0.784. The van der Waals surface area contributed by atoms with Crippen molar-refractivity contribution >= 4 is 34.3 Å². The lowest BCUT2D eigenvalue weighted by atomic mass is 10.1. The molecule has 1 amide bonds. The monoisotopic (exact) mass is 370 g/mol. The molecule has 25 heavy (non-hydrogen) atoms. The molecular weight excluding hydrogens is 344 g/mol. The smallest absolute Gasteiger partial charge is 0.407 e. The lowest BCUT2D eigenvalue weighted by Gasteiger charge is -2.33. The largest absolute Gasteiger partial charge is 0.462 e. The predicted octanol–water partition coefficient (Wildman–Crippen LogP) is 2.40. The van der Waals surface area contributed by atoms with E-state index in [2.05, 4.69) is 10.3 Å². The summed E-state index contributed by atoms with van der Waals surface area (Å²) in [7, 11) is 0. The van der Waals surface area contributed by atoms with E-state index in [1.807, 2.05) is 25.7 Å². The molecule has 0 bridgehead atoms. The summed E-state index contributed by atoms with van der Waals surface area (Å²) in [6.45, 7) is 8.90. The highest BCUT2D eigenvalue weighted by atomic mass is 32.1. The maximum absolute atomic E-state index is 11.9. The molecular formula is C16H26N4O4S. The average molecular weight is 370 g/mol. The topological polar surface area (TPSA) is 107 Å². The standard InChI is InChI=1S/C16H26N4O4S/c1-5-23-13(21)11-12(17)19-14(25-11)20-8-6-7-10(9-20)18-15(22)24-16(2,3)4/h10H,5-9,17H2,1-4H3,(H,18,22)/t10-/m0/s1. The lowest BCUT2D eigenvalue weighted by Crippen LogP contribution is -2.49. The van der Waals surface area contributed by atoms with Gasteiger partial charge in [-0.15, -0.1) is 0 Å². The number of nitrogens with one attached hydrogen (secondary N) is 1. The Bertz CT molecular complexity index is 626. The van der Waals surface area contributed by atoms with E-state index >= 15 is 0 Å². The number of esters is 1. The number of nitrogen functional groups attached to an aromatic ring is 1. The van der Waals surface area contributed by atoms with Crippen molar-refractivity contribution in [3.8, 4) is 0 Å².